The SMILES string of the molecule is NC1CCCOC1c1cccc(Br)c1. The van der Waals surface area contributed by atoms with Crippen LogP contribution in [0, 0.1) is 0 Å². The van der Waals surface area contributed by atoms with Crippen LogP contribution in [0.4, 0.5) is 0 Å². The molecule has 0 bridgehead atoms. The number of halogens is 1. The highest BCUT2D eigenvalue weighted by Gasteiger charge is 2.23. The summed E-state index contributed by atoms with van der Waals surface area (Å²) < 4.78 is 6.77. The molecule has 0 aromatic heterocycles. The Labute approximate surface area is 92.6 Å². The van der Waals surface area contributed by atoms with Crippen molar-refractivity contribution in [1.29, 1.82) is 0 Å². The molecule has 1 fully saturated rings. The molecule has 2 atom stereocenters. The standard InChI is InChI=1S/C11H14BrNO/c12-9-4-1-3-8(7-9)11-10(13)5-2-6-14-11/h1,3-4,7,10-11H,2,5-6,13H2. The zero-order valence-electron chi connectivity index (χ0n) is 7.95. The fourth-order valence-electron chi connectivity index (χ4n) is 1.83. The molecular formula is C11H14BrNO. The Morgan fingerprint density at radius 3 is 3.00 bits per heavy atom. The molecule has 1 saturated heterocycles. The zero-order valence-corrected chi connectivity index (χ0v) is 9.53. The minimum atomic E-state index is 0.0706. The first-order chi connectivity index (χ1) is 6.77. The number of benzene rings is 1. The number of ether oxygens (including phenoxy) is 1. The lowest BCUT2D eigenvalue weighted by molar-refractivity contribution is 0.000115. The Morgan fingerprint density at radius 1 is 1.43 bits per heavy atom. The van der Waals surface area contributed by atoms with E-state index >= 15 is 0 Å². The van der Waals surface area contributed by atoms with Gasteiger partial charge in [-0.15, -0.1) is 0 Å². The molecule has 1 heterocycles. The fraction of sp³-hybridized carbons (Fsp3) is 0.455. The summed E-state index contributed by atoms with van der Waals surface area (Å²) in [6.45, 7) is 0.824. The molecule has 2 nitrogen and oxygen atoms in total. The third kappa shape index (κ3) is 2.16. The molecule has 2 N–H and O–H groups in total. The number of hydrogen-bond acceptors (Lipinski definition) is 2. The minimum absolute atomic E-state index is 0.0706. The van der Waals surface area contributed by atoms with E-state index in [1.54, 1.807) is 0 Å². The maximum absolute atomic E-state index is 6.02. The lowest BCUT2D eigenvalue weighted by Gasteiger charge is -2.29. The van der Waals surface area contributed by atoms with E-state index in [4.69, 9.17) is 10.5 Å². The molecule has 0 amide bonds. The predicted molar refractivity (Wildman–Crippen MR) is 60.0 cm³/mol. The second-order valence-electron chi connectivity index (χ2n) is 3.65. The fourth-order valence-corrected chi connectivity index (χ4v) is 2.25. The summed E-state index contributed by atoms with van der Waals surface area (Å²) in [7, 11) is 0. The molecule has 1 aliphatic heterocycles. The second kappa shape index (κ2) is 4.43. The van der Waals surface area contributed by atoms with Gasteiger partial charge in [0.15, 0.2) is 0 Å². The van der Waals surface area contributed by atoms with Crippen molar-refractivity contribution in [3.8, 4) is 0 Å². The van der Waals surface area contributed by atoms with Gasteiger partial charge in [0.25, 0.3) is 0 Å². The number of rotatable bonds is 1. The summed E-state index contributed by atoms with van der Waals surface area (Å²) in [5, 5.41) is 0. The second-order valence-corrected chi connectivity index (χ2v) is 4.57. The first kappa shape index (κ1) is 10.1. The van der Waals surface area contributed by atoms with Crippen molar-refractivity contribution in [2.75, 3.05) is 6.61 Å². The molecule has 0 radical (unpaired) electrons. The van der Waals surface area contributed by atoms with Crippen molar-refractivity contribution in [3.05, 3.63) is 34.3 Å². The van der Waals surface area contributed by atoms with Crippen LogP contribution in [0.2, 0.25) is 0 Å². The Morgan fingerprint density at radius 2 is 2.29 bits per heavy atom. The summed E-state index contributed by atoms with van der Waals surface area (Å²) in [4.78, 5) is 0. The normalized spacial score (nSPS) is 27.6. The van der Waals surface area contributed by atoms with Gasteiger partial charge in [0.1, 0.15) is 0 Å². The van der Waals surface area contributed by atoms with Gasteiger partial charge in [-0.2, -0.15) is 0 Å². The molecule has 0 spiro atoms. The van der Waals surface area contributed by atoms with Crippen molar-refractivity contribution in [2.45, 2.75) is 25.0 Å². The van der Waals surface area contributed by atoms with Crippen molar-refractivity contribution < 1.29 is 4.74 Å². The molecule has 2 unspecified atom stereocenters. The van der Waals surface area contributed by atoms with Crippen molar-refractivity contribution >= 4 is 15.9 Å². The van der Waals surface area contributed by atoms with Gasteiger partial charge in [0.2, 0.25) is 0 Å². The maximum atomic E-state index is 6.02. The summed E-state index contributed by atoms with van der Waals surface area (Å²) in [6, 6.07) is 8.32. The van der Waals surface area contributed by atoms with Crippen LogP contribution in [0.3, 0.4) is 0 Å². The first-order valence-electron chi connectivity index (χ1n) is 4.90. The van der Waals surface area contributed by atoms with Gasteiger partial charge in [-0.3, -0.25) is 0 Å². The molecule has 0 aliphatic carbocycles. The molecule has 14 heavy (non-hydrogen) atoms. The third-order valence-electron chi connectivity index (χ3n) is 2.55. The van der Waals surface area contributed by atoms with Crippen molar-refractivity contribution in [2.24, 2.45) is 5.73 Å². The smallest absolute Gasteiger partial charge is 0.0976 e. The highest BCUT2D eigenvalue weighted by molar-refractivity contribution is 9.10. The van der Waals surface area contributed by atoms with E-state index in [0.717, 1.165) is 23.9 Å². The third-order valence-corrected chi connectivity index (χ3v) is 3.04. The molecule has 1 aromatic rings. The molecule has 76 valence electrons. The molecular weight excluding hydrogens is 242 g/mol. The van der Waals surface area contributed by atoms with Gasteiger partial charge in [-0.1, -0.05) is 28.1 Å². The lowest BCUT2D eigenvalue weighted by Crippen LogP contribution is -2.34. The van der Waals surface area contributed by atoms with E-state index in [1.165, 1.54) is 5.56 Å². The monoisotopic (exact) mass is 255 g/mol. The van der Waals surface area contributed by atoms with E-state index in [0.29, 0.717) is 0 Å². The molecule has 1 aliphatic rings. The van der Waals surface area contributed by atoms with Crippen LogP contribution < -0.4 is 5.73 Å². The Kier molecular flexibility index (Phi) is 3.21. The molecule has 2 rings (SSSR count). The van der Waals surface area contributed by atoms with E-state index in [9.17, 15) is 0 Å². The Bertz CT molecular complexity index is 316. The molecule has 3 heteroatoms. The van der Waals surface area contributed by atoms with Gasteiger partial charge >= 0.3 is 0 Å². The van der Waals surface area contributed by atoms with Gasteiger partial charge in [0, 0.05) is 17.1 Å². The molecule has 0 saturated carbocycles. The first-order valence-corrected chi connectivity index (χ1v) is 5.69. The van der Waals surface area contributed by atoms with Crippen LogP contribution in [-0.4, -0.2) is 12.6 Å². The zero-order chi connectivity index (χ0) is 9.97. The Balaban J connectivity index is 2.20. The summed E-state index contributed by atoms with van der Waals surface area (Å²) in [5.41, 5.74) is 7.19. The predicted octanol–water partition coefficient (Wildman–Crippen LogP) is 2.63. The van der Waals surface area contributed by atoms with E-state index < -0.39 is 0 Å². The van der Waals surface area contributed by atoms with Gasteiger partial charge in [-0.25, -0.2) is 0 Å². The van der Waals surface area contributed by atoms with Crippen LogP contribution in [0.15, 0.2) is 28.7 Å². The minimum Gasteiger partial charge on any atom is -0.372 e. The highest BCUT2D eigenvalue weighted by atomic mass is 79.9. The lowest BCUT2D eigenvalue weighted by atomic mass is 9.97. The topological polar surface area (TPSA) is 35.2 Å². The number of nitrogens with two attached hydrogens (primary N) is 1. The van der Waals surface area contributed by atoms with Gasteiger partial charge < -0.3 is 10.5 Å². The van der Waals surface area contributed by atoms with Crippen molar-refractivity contribution in [1.82, 2.24) is 0 Å². The van der Waals surface area contributed by atoms with Gasteiger partial charge in [0.05, 0.1) is 6.10 Å². The summed E-state index contributed by atoms with van der Waals surface area (Å²) >= 11 is 3.45. The van der Waals surface area contributed by atoms with Crippen molar-refractivity contribution in [3.63, 3.8) is 0 Å². The highest BCUT2D eigenvalue weighted by Crippen LogP contribution is 2.28. The van der Waals surface area contributed by atoms with Crippen LogP contribution in [0.25, 0.3) is 0 Å². The summed E-state index contributed by atoms with van der Waals surface area (Å²) in [5.74, 6) is 0. The van der Waals surface area contributed by atoms with Crippen LogP contribution in [0.5, 0.6) is 0 Å². The van der Waals surface area contributed by atoms with Crippen LogP contribution >= 0.6 is 15.9 Å². The Hall–Kier alpha value is -0.380. The maximum Gasteiger partial charge on any atom is 0.0976 e. The number of hydrogen-bond donors (Lipinski definition) is 1. The largest absolute Gasteiger partial charge is 0.372 e. The van der Waals surface area contributed by atoms with E-state index in [-0.39, 0.29) is 12.1 Å². The van der Waals surface area contributed by atoms with Crippen LogP contribution in [0.1, 0.15) is 24.5 Å². The average molecular weight is 256 g/mol. The van der Waals surface area contributed by atoms with Gasteiger partial charge in [-0.05, 0) is 30.5 Å². The quantitative estimate of drug-likeness (QED) is 0.838. The van der Waals surface area contributed by atoms with E-state index in [2.05, 4.69) is 28.1 Å². The summed E-state index contributed by atoms with van der Waals surface area (Å²) in [6.07, 6.45) is 2.20. The average Bonchev–Trinajstić information content (AvgIpc) is 2.18. The molecule has 1 aromatic carbocycles. The van der Waals surface area contributed by atoms with E-state index in [1.807, 2.05) is 12.1 Å². The van der Waals surface area contributed by atoms with Crippen LogP contribution in [-0.2, 0) is 4.74 Å².